The summed E-state index contributed by atoms with van der Waals surface area (Å²) in [7, 11) is -3.27. The molecule has 0 aliphatic carbocycles. The van der Waals surface area contributed by atoms with Gasteiger partial charge in [0.1, 0.15) is 0 Å². The molecule has 0 saturated heterocycles. The van der Waals surface area contributed by atoms with Crippen LogP contribution in [-0.2, 0) is 14.6 Å². The highest BCUT2D eigenvalue weighted by molar-refractivity contribution is 7.90. The monoisotopic (exact) mass is 325 g/mol. The zero-order chi connectivity index (χ0) is 14.6. The standard InChI is InChI=1S/C11H13Cl2NO4S/c1-19(17,18)8-4-2-7(3-5-8)9(15)6-14-11(16)10(12)13/h2-5,9-10,15H,6H2,1H3,(H,14,16). The Kier molecular flexibility index (Phi) is 5.61. The molecule has 0 radical (unpaired) electrons. The quantitative estimate of drug-likeness (QED) is 0.792. The van der Waals surface area contributed by atoms with Gasteiger partial charge in [0.25, 0.3) is 5.91 Å². The van der Waals surface area contributed by atoms with E-state index in [-0.39, 0.29) is 11.4 Å². The van der Waals surface area contributed by atoms with E-state index >= 15 is 0 Å². The van der Waals surface area contributed by atoms with Crippen LogP contribution in [0.5, 0.6) is 0 Å². The summed E-state index contributed by atoms with van der Waals surface area (Å²) in [6.07, 6.45) is 0.129. The number of rotatable bonds is 5. The Morgan fingerprint density at radius 3 is 2.26 bits per heavy atom. The Bertz CT molecular complexity index is 542. The van der Waals surface area contributed by atoms with Gasteiger partial charge in [-0.05, 0) is 17.7 Å². The van der Waals surface area contributed by atoms with E-state index in [2.05, 4.69) is 5.32 Å². The van der Waals surface area contributed by atoms with Crippen LogP contribution in [0.1, 0.15) is 11.7 Å². The maximum atomic E-state index is 11.3. The van der Waals surface area contributed by atoms with Crippen molar-refractivity contribution in [3.63, 3.8) is 0 Å². The molecule has 106 valence electrons. The summed E-state index contributed by atoms with van der Waals surface area (Å²) >= 11 is 10.7. The van der Waals surface area contributed by atoms with Gasteiger partial charge in [-0.25, -0.2) is 8.42 Å². The van der Waals surface area contributed by atoms with Crippen molar-refractivity contribution in [2.45, 2.75) is 15.8 Å². The summed E-state index contributed by atoms with van der Waals surface area (Å²) in [5.74, 6) is -0.602. The highest BCUT2D eigenvalue weighted by Crippen LogP contribution is 2.16. The van der Waals surface area contributed by atoms with Crippen molar-refractivity contribution >= 4 is 38.9 Å². The predicted octanol–water partition coefficient (Wildman–Crippen LogP) is 1.04. The highest BCUT2D eigenvalue weighted by Gasteiger charge is 2.15. The second-order valence-electron chi connectivity index (χ2n) is 3.90. The van der Waals surface area contributed by atoms with Gasteiger partial charge >= 0.3 is 0 Å². The molecular weight excluding hydrogens is 313 g/mol. The molecule has 0 aliphatic heterocycles. The number of carbonyl (C=O) groups excluding carboxylic acids is 1. The van der Waals surface area contributed by atoms with E-state index in [1.54, 1.807) is 0 Å². The number of nitrogens with one attached hydrogen (secondary N) is 1. The van der Waals surface area contributed by atoms with E-state index in [1.807, 2.05) is 0 Å². The Hall–Kier alpha value is -0.820. The largest absolute Gasteiger partial charge is 0.387 e. The SMILES string of the molecule is CS(=O)(=O)c1ccc(C(O)CNC(=O)C(Cl)Cl)cc1. The lowest BCUT2D eigenvalue weighted by Gasteiger charge is -2.13. The highest BCUT2D eigenvalue weighted by atomic mass is 35.5. The minimum Gasteiger partial charge on any atom is -0.387 e. The van der Waals surface area contributed by atoms with Gasteiger partial charge in [-0.1, -0.05) is 35.3 Å². The van der Waals surface area contributed by atoms with Crippen LogP contribution in [0.25, 0.3) is 0 Å². The lowest BCUT2D eigenvalue weighted by Crippen LogP contribution is -2.32. The van der Waals surface area contributed by atoms with Gasteiger partial charge in [0.2, 0.25) is 0 Å². The second-order valence-corrected chi connectivity index (χ2v) is 7.01. The van der Waals surface area contributed by atoms with Crippen molar-refractivity contribution in [2.75, 3.05) is 12.8 Å². The summed E-state index contributed by atoms with van der Waals surface area (Å²) < 4.78 is 22.5. The smallest absolute Gasteiger partial charge is 0.253 e. The predicted molar refractivity (Wildman–Crippen MR) is 73.0 cm³/mol. The van der Waals surface area contributed by atoms with Crippen LogP contribution < -0.4 is 5.32 Å². The molecule has 0 saturated carbocycles. The van der Waals surface area contributed by atoms with Crippen LogP contribution in [0.4, 0.5) is 0 Å². The Morgan fingerprint density at radius 1 is 1.32 bits per heavy atom. The molecule has 1 aromatic carbocycles. The zero-order valence-electron chi connectivity index (χ0n) is 10.0. The number of carbonyl (C=O) groups is 1. The Morgan fingerprint density at radius 2 is 1.84 bits per heavy atom. The lowest BCUT2D eigenvalue weighted by molar-refractivity contribution is -0.119. The summed E-state index contributed by atoms with van der Waals surface area (Å²) in [5.41, 5.74) is 0.480. The zero-order valence-corrected chi connectivity index (χ0v) is 12.3. The van der Waals surface area contributed by atoms with Gasteiger partial charge < -0.3 is 10.4 Å². The third kappa shape index (κ3) is 4.99. The third-order valence-electron chi connectivity index (χ3n) is 2.36. The molecule has 1 rings (SSSR count). The first-order valence-corrected chi connectivity index (χ1v) is 8.02. The Balaban J connectivity index is 2.68. The number of sulfone groups is 1. The summed E-state index contributed by atoms with van der Waals surface area (Å²) in [4.78, 5) is 10.1. The van der Waals surface area contributed by atoms with Gasteiger partial charge in [-0.15, -0.1) is 0 Å². The van der Waals surface area contributed by atoms with Crippen LogP contribution in [0.15, 0.2) is 29.2 Å². The van der Waals surface area contributed by atoms with Gasteiger partial charge in [0.05, 0.1) is 11.0 Å². The normalized spacial score (nSPS) is 13.3. The van der Waals surface area contributed by atoms with Crippen molar-refractivity contribution < 1.29 is 18.3 Å². The van der Waals surface area contributed by atoms with Gasteiger partial charge in [-0.2, -0.15) is 0 Å². The molecule has 1 atom stereocenters. The fourth-order valence-electron chi connectivity index (χ4n) is 1.33. The fraction of sp³-hybridized carbons (Fsp3) is 0.364. The molecular formula is C11H13Cl2NO4S. The minimum atomic E-state index is -3.27. The molecule has 1 aromatic rings. The molecule has 2 N–H and O–H groups in total. The Labute approximate surface area is 121 Å². The average Bonchev–Trinajstić information content (AvgIpc) is 2.34. The van der Waals surface area contributed by atoms with E-state index in [4.69, 9.17) is 23.2 Å². The first-order chi connectivity index (χ1) is 8.71. The van der Waals surface area contributed by atoms with Crippen LogP contribution in [-0.4, -0.2) is 37.1 Å². The number of hydrogen-bond acceptors (Lipinski definition) is 4. The first kappa shape index (κ1) is 16.2. The lowest BCUT2D eigenvalue weighted by atomic mass is 10.1. The van der Waals surface area contributed by atoms with Crippen molar-refractivity contribution in [2.24, 2.45) is 0 Å². The third-order valence-corrected chi connectivity index (χ3v) is 3.89. The second kappa shape index (κ2) is 6.56. The number of halogens is 2. The van der Waals surface area contributed by atoms with Crippen molar-refractivity contribution in [1.29, 1.82) is 0 Å². The molecule has 0 heterocycles. The van der Waals surface area contributed by atoms with Crippen molar-refractivity contribution in [1.82, 2.24) is 5.32 Å². The number of hydrogen-bond donors (Lipinski definition) is 2. The number of aliphatic hydroxyl groups is 1. The number of benzene rings is 1. The maximum absolute atomic E-state index is 11.3. The van der Waals surface area contributed by atoms with E-state index in [0.29, 0.717) is 5.56 Å². The van der Waals surface area contributed by atoms with Gasteiger partial charge in [0, 0.05) is 12.8 Å². The molecule has 8 heteroatoms. The van der Waals surface area contributed by atoms with E-state index < -0.39 is 26.7 Å². The first-order valence-electron chi connectivity index (χ1n) is 5.25. The number of alkyl halides is 2. The number of amides is 1. The topological polar surface area (TPSA) is 83.5 Å². The maximum Gasteiger partial charge on any atom is 0.253 e. The molecule has 0 spiro atoms. The van der Waals surface area contributed by atoms with Crippen molar-refractivity contribution in [3.8, 4) is 0 Å². The minimum absolute atomic E-state index is 0.0625. The van der Waals surface area contributed by atoms with Crippen LogP contribution >= 0.6 is 23.2 Å². The summed E-state index contributed by atoms with van der Waals surface area (Å²) in [6, 6.07) is 5.74. The average molecular weight is 326 g/mol. The summed E-state index contributed by atoms with van der Waals surface area (Å²) in [6.45, 7) is -0.0625. The molecule has 0 aliphatic rings. The van der Waals surface area contributed by atoms with Crippen LogP contribution in [0.3, 0.4) is 0 Å². The van der Waals surface area contributed by atoms with Crippen LogP contribution in [0, 0.1) is 0 Å². The van der Waals surface area contributed by atoms with Gasteiger partial charge in [0.15, 0.2) is 14.7 Å². The molecule has 5 nitrogen and oxygen atoms in total. The van der Waals surface area contributed by atoms with E-state index in [9.17, 15) is 18.3 Å². The fourth-order valence-corrected chi connectivity index (χ4v) is 2.11. The van der Waals surface area contributed by atoms with Crippen molar-refractivity contribution in [3.05, 3.63) is 29.8 Å². The van der Waals surface area contributed by atoms with E-state index in [0.717, 1.165) is 6.26 Å². The van der Waals surface area contributed by atoms with Gasteiger partial charge in [-0.3, -0.25) is 4.79 Å². The number of aliphatic hydroxyl groups excluding tert-OH is 1. The molecule has 0 fully saturated rings. The van der Waals surface area contributed by atoms with E-state index in [1.165, 1.54) is 24.3 Å². The molecule has 0 aromatic heterocycles. The molecule has 19 heavy (non-hydrogen) atoms. The molecule has 1 amide bonds. The van der Waals surface area contributed by atoms with Crippen LogP contribution in [0.2, 0.25) is 0 Å². The summed E-state index contributed by atoms with van der Waals surface area (Å²) in [5, 5.41) is 12.1. The molecule has 1 unspecified atom stereocenters. The molecule has 0 bridgehead atoms.